The van der Waals surface area contributed by atoms with Gasteiger partial charge in [-0.15, -0.1) is 11.3 Å². The van der Waals surface area contributed by atoms with Crippen molar-refractivity contribution in [2.75, 3.05) is 11.4 Å². The first-order chi connectivity index (χ1) is 9.04. The van der Waals surface area contributed by atoms with Crippen molar-refractivity contribution in [1.82, 2.24) is 10.3 Å². The van der Waals surface area contributed by atoms with Gasteiger partial charge in [0.1, 0.15) is 0 Å². The topological polar surface area (TPSA) is 28.2 Å². The molecule has 0 aliphatic carbocycles. The molecule has 0 aliphatic heterocycles. The van der Waals surface area contributed by atoms with Gasteiger partial charge in [-0.25, -0.2) is 4.98 Å². The van der Waals surface area contributed by atoms with Gasteiger partial charge in [0.2, 0.25) is 0 Å². The zero-order valence-electron chi connectivity index (χ0n) is 13.1. The van der Waals surface area contributed by atoms with Gasteiger partial charge >= 0.3 is 0 Å². The molecule has 0 saturated heterocycles. The molecular weight excluding hydrogens is 254 g/mol. The third-order valence-electron chi connectivity index (χ3n) is 3.10. The highest BCUT2D eigenvalue weighted by molar-refractivity contribution is 7.13. The van der Waals surface area contributed by atoms with Gasteiger partial charge in [-0.2, -0.15) is 0 Å². The molecule has 0 saturated carbocycles. The van der Waals surface area contributed by atoms with E-state index in [1.165, 1.54) is 24.4 Å². The summed E-state index contributed by atoms with van der Waals surface area (Å²) in [6.07, 6.45) is 3.83. The van der Waals surface area contributed by atoms with E-state index in [1.54, 1.807) is 11.3 Å². The minimum absolute atomic E-state index is 0.510. The summed E-state index contributed by atoms with van der Waals surface area (Å²) in [6, 6.07) is 1.03. The van der Waals surface area contributed by atoms with Gasteiger partial charge in [0.25, 0.3) is 0 Å². The van der Waals surface area contributed by atoms with E-state index in [9.17, 15) is 0 Å². The summed E-state index contributed by atoms with van der Waals surface area (Å²) in [7, 11) is 0. The molecule has 1 rings (SSSR count). The van der Waals surface area contributed by atoms with Gasteiger partial charge < -0.3 is 10.2 Å². The Kier molecular flexibility index (Phi) is 7.39. The minimum atomic E-state index is 0.510. The molecule has 3 nitrogen and oxygen atoms in total. The number of nitrogens with zero attached hydrogens (tertiary/aromatic N) is 2. The Hall–Kier alpha value is -0.610. The van der Waals surface area contributed by atoms with Crippen molar-refractivity contribution < 1.29 is 0 Å². The van der Waals surface area contributed by atoms with Crippen LogP contribution in [-0.4, -0.2) is 23.6 Å². The van der Waals surface area contributed by atoms with Crippen molar-refractivity contribution in [2.24, 2.45) is 0 Å². The molecule has 1 aromatic rings. The third kappa shape index (κ3) is 5.91. The van der Waals surface area contributed by atoms with Crippen LogP contribution in [0, 0.1) is 0 Å². The number of nitrogens with one attached hydrogen (secondary N) is 1. The quantitative estimate of drug-likeness (QED) is 0.693. The second kappa shape index (κ2) is 8.54. The largest absolute Gasteiger partial charge is 0.346 e. The lowest BCUT2D eigenvalue weighted by molar-refractivity contribution is 0.581. The first kappa shape index (κ1) is 16.4. The molecule has 110 valence electrons. The molecule has 0 radical (unpaired) electrons. The summed E-state index contributed by atoms with van der Waals surface area (Å²) < 4.78 is 0. The zero-order chi connectivity index (χ0) is 14.3. The molecule has 0 aromatic carbocycles. The Bertz CT molecular complexity index is 347. The van der Waals surface area contributed by atoms with Crippen molar-refractivity contribution in [3.8, 4) is 0 Å². The molecule has 1 N–H and O–H groups in total. The van der Waals surface area contributed by atoms with Gasteiger partial charge in [-0.05, 0) is 20.3 Å². The van der Waals surface area contributed by atoms with Crippen molar-refractivity contribution in [3.63, 3.8) is 0 Å². The molecular formula is C15H29N3S. The Balaban J connectivity index is 2.58. The van der Waals surface area contributed by atoms with Gasteiger partial charge in [0, 0.05) is 30.6 Å². The van der Waals surface area contributed by atoms with Crippen LogP contribution in [0.1, 0.15) is 59.6 Å². The lowest BCUT2D eigenvalue weighted by Crippen LogP contribution is -2.31. The van der Waals surface area contributed by atoms with Crippen LogP contribution in [0.3, 0.4) is 0 Å². The second-order valence-corrected chi connectivity index (χ2v) is 6.49. The lowest BCUT2D eigenvalue weighted by Gasteiger charge is -2.26. The molecule has 1 heterocycles. The van der Waals surface area contributed by atoms with Crippen molar-refractivity contribution >= 4 is 16.5 Å². The number of thiazole rings is 1. The van der Waals surface area contributed by atoms with E-state index in [1.807, 2.05) is 0 Å². The summed E-state index contributed by atoms with van der Waals surface area (Å²) in [6.45, 7) is 13.1. The average molecular weight is 283 g/mol. The van der Waals surface area contributed by atoms with Crippen LogP contribution in [0.4, 0.5) is 5.13 Å². The van der Waals surface area contributed by atoms with E-state index in [0.717, 1.165) is 18.8 Å². The van der Waals surface area contributed by atoms with E-state index >= 15 is 0 Å². The van der Waals surface area contributed by atoms with Crippen molar-refractivity contribution in [2.45, 2.75) is 72.5 Å². The van der Waals surface area contributed by atoms with E-state index in [4.69, 9.17) is 4.98 Å². The van der Waals surface area contributed by atoms with Crippen molar-refractivity contribution in [3.05, 3.63) is 11.1 Å². The summed E-state index contributed by atoms with van der Waals surface area (Å²) in [5, 5.41) is 6.77. The fourth-order valence-corrected chi connectivity index (χ4v) is 2.91. The number of hydrogen-bond acceptors (Lipinski definition) is 4. The number of aromatic nitrogens is 1. The van der Waals surface area contributed by atoms with E-state index in [-0.39, 0.29) is 0 Å². The minimum Gasteiger partial charge on any atom is -0.346 e. The zero-order valence-corrected chi connectivity index (χ0v) is 13.9. The molecule has 0 spiro atoms. The molecule has 0 aliphatic rings. The fourth-order valence-electron chi connectivity index (χ4n) is 1.92. The Morgan fingerprint density at radius 3 is 2.58 bits per heavy atom. The highest BCUT2D eigenvalue weighted by Crippen LogP contribution is 2.23. The Morgan fingerprint density at radius 1 is 1.26 bits per heavy atom. The van der Waals surface area contributed by atoms with Crippen molar-refractivity contribution in [1.29, 1.82) is 0 Å². The van der Waals surface area contributed by atoms with Crippen LogP contribution in [0.15, 0.2) is 5.38 Å². The number of anilines is 1. The molecule has 0 bridgehead atoms. The van der Waals surface area contributed by atoms with Crippen LogP contribution in [0.5, 0.6) is 0 Å². The highest BCUT2D eigenvalue weighted by atomic mass is 32.1. The number of unbranched alkanes of at least 4 members (excludes halogenated alkanes) is 2. The maximum absolute atomic E-state index is 4.76. The average Bonchev–Trinajstić information content (AvgIpc) is 2.80. The van der Waals surface area contributed by atoms with Crippen LogP contribution in [-0.2, 0) is 6.54 Å². The summed E-state index contributed by atoms with van der Waals surface area (Å²) in [5.74, 6) is 0. The number of hydrogen-bond donors (Lipinski definition) is 1. The first-order valence-corrected chi connectivity index (χ1v) is 8.37. The molecule has 0 atom stereocenters. The van der Waals surface area contributed by atoms with Crippen LogP contribution in [0.2, 0.25) is 0 Å². The van der Waals surface area contributed by atoms with Gasteiger partial charge in [0.05, 0.1) is 5.69 Å². The van der Waals surface area contributed by atoms with Crippen LogP contribution in [0.25, 0.3) is 0 Å². The molecule has 19 heavy (non-hydrogen) atoms. The first-order valence-electron chi connectivity index (χ1n) is 7.49. The monoisotopic (exact) mass is 283 g/mol. The predicted octanol–water partition coefficient (Wildman–Crippen LogP) is 4.05. The maximum Gasteiger partial charge on any atom is 0.185 e. The molecule has 0 amide bonds. The highest BCUT2D eigenvalue weighted by Gasteiger charge is 2.14. The van der Waals surface area contributed by atoms with Crippen LogP contribution >= 0.6 is 11.3 Å². The number of rotatable bonds is 9. The Morgan fingerprint density at radius 2 is 2.00 bits per heavy atom. The third-order valence-corrected chi connectivity index (χ3v) is 4.03. The second-order valence-electron chi connectivity index (χ2n) is 5.65. The SMILES string of the molecule is CCCCCN(c1nc(CNC(C)C)cs1)C(C)C. The maximum atomic E-state index is 4.76. The molecule has 4 heteroatoms. The summed E-state index contributed by atoms with van der Waals surface area (Å²) >= 11 is 1.77. The van der Waals surface area contributed by atoms with Gasteiger partial charge in [-0.3, -0.25) is 0 Å². The Labute approximate surface area is 122 Å². The molecule has 0 fully saturated rings. The smallest absolute Gasteiger partial charge is 0.185 e. The normalized spacial score (nSPS) is 11.5. The molecule has 1 aromatic heterocycles. The van der Waals surface area contributed by atoms with Gasteiger partial charge in [0.15, 0.2) is 5.13 Å². The standard InChI is InChI=1S/C15H29N3S/c1-6-7-8-9-18(13(4)5)15-17-14(11-19-15)10-16-12(2)3/h11-13,16H,6-10H2,1-5H3. The van der Waals surface area contributed by atoms with E-state index in [0.29, 0.717) is 12.1 Å². The van der Waals surface area contributed by atoms with E-state index in [2.05, 4.69) is 50.2 Å². The van der Waals surface area contributed by atoms with E-state index < -0.39 is 0 Å². The molecule has 0 unspecified atom stereocenters. The summed E-state index contributed by atoms with van der Waals surface area (Å²) in [5.41, 5.74) is 1.16. The summed E-state index contributed by atoms with van der Waals surface area (Å²) in [4.78, 5) is 7.19. The lowest BCUT2D eigenvalue weighted by atomic mass is 10.2. The van der Waals surface area contributed by atoms with Crippen LogP contribution < -0.4 is 10.2 Å². The fraction of sp³-hybridized carbons (Fsp3) is 0.800. The van der Waals surface area contributed by atoms with Gasteiger partial charge in [-0.1, -0.05) is 33.6 Å². The predicted molar refractivity (Wildman–Crippen MR) is 86.1 cm³/mol.